The number of benzene rings is 3. The quantitative estimate of drug-likeness (QED) is 0.301. The van der Waals surface area contributed by atoms with E-state index in [1.54, 1.807) is 12.1 Å². The van der Waals surface area contributed by atoms with Crippen molar-refractivity contribution in [3.8, 4) is 5.75 Å². The van der Waals surface area contributed by atoms with E-state index in [4.69, 9.17) is 4.74 Å². The van der Waals surface area contributed by atoms with Crippen molar-refractivity contribution in [1.82, 2.24) is 5.43 Å². The molecule has 0 aliphatic rings. The van der Waals surface area contributed by atoms with Crippen LogP contribution in [0, 0.1) is 0 Å². The number of hydrogen-bond donors (Lipinski definition) is 2. The van der Waals surface area contributed by atoms with E-state index in [9.17, 15) is 13.2 Å². The molecule has 0 fully saturated rings. The summed E-state index contributed by atoms with van der Waals surface area (Å²) in [4.78, 5) is 12.4. The maximum Gasteiger partial charge on any atom is 0.271 e. The Labute approximate surface area is 201 Å². The molecule has 0 heterocycles. The smallest absolute Gasteiger partial charge is 0.271 e. The number of nitrogens with zero attached hydrogens (tertiary/aromatic N) is 1. The number of anilines is 1. The molecule has 3 aromatic rings. The molecule has 0 unspecified atom stereocenters. The number of carbonyl (C=O) groups excluding carboxylic acids is 1. The van der Waals surface area contributed by atoms with E-state index in [1.807, 2.05) is 43.3 Å². The lowest BCUT2D eigenvalue weighted by Crippen LogP contribution is -2.17. The van der Waals surface area contributed by atoms with Gasteiger partial charge in [0.15, 0.2) is 0 Å². The van der Waals surface area contributed by atoms with Gasteiger partial charge in [-0.1, -0.05) is 30.3 Å². The van der Waals surface area contributed by atoms with Crippen molar-refractivity contribution < 1.29 is 17.9 Å². The summed E-state index contributed by atoms with van der Waals surface area (Å²) in [5.41, 5.74) is 4.09. The van der Waals surface area contributed by atoms with Gasteiger partial charge in [0.25, 0.3) is 15.9 Å². The number of sulfonamides is 1. The second-order valence-electron chi connectivity index (χ2n) is 6.73. The average molecular weight is 528 g/mol. The maximum absolute atomic E-state index is 12.6. The monoisotopic (exact) mass is 527 g/mol. The topological polar surface area (TPSA) is 96.9 Å². The molecule has 0 aliphatic carbocycles. The molecular weight excluding hydrogens is 506 g/mol. The van der Waals surface area contributed by atoms with E-state index in [0.29, 0.717) is 28.1 Å². The van der Waals surface area contributed by atoms with Gasteiger partial charge >= 0.3 is 0 Å². The molecule has 0 aromatic heterocycles. The minimum absolute atomic E-state index is 0.108. The van der Waals surface area contributed by atoms with Gasteiger partial charge in [-0.15, -0.1) is 0 Å². The largest absolute Gasteiger partial charge is 0.494 e. The first kappa shape index (κ1) is 24.2. The fraction of sp³-hybridized carbons (Fsp3) is 0.0833. The Morgan fingerprint density at radius 1 is 1.00 bits per heavy atom. The summed E-state index contributed by atoms with van der Waals surface area (Å²) in [5.74, 6) is 0.171. The van der Waals surface area contributed by atoms with Crippen molar-refractivity contribution in [2.75, 3.05) is 11.3 Å². The lowest BCUT2D eigenvalue weighted by molar-refractivity contribution is 0.0955. The molecule has 0 aliphatic heterocycles. The third-order valence-electron chi connectivity index (χ3n) is 4.30. The molecule has 0 radical (unpaired) electrons. The Balaban J connectivity index is 1.58. The van der Waals surface area contributed by atoms with Gasteiger partial charge in [0.05, 0.1) is 17.7 Å². The molecule has 0 bridgehead atoms. The first-order chi connectivity index (χ1) is 15.9. The zero-order valence-electron chi connectivity index (χ0n) is 17.7. The van der Waals surface area contributed by atoms with E-state index in [0.717, 1.165) is 5.56 Å². The summed E-state index contributed by atoms with van der Waals surface area (Å²) in [5, 5.41) is 3.92. The van der Waals surface area contributed by atoms with Crippen LogP contribution in [0.3, 0.4) is 0 Å². The third kappa shape index (κ3) is 7.30. The summed E-state index contributed by atoms with van der Waals surface area (Å²) in [6.07, 6.45) is 3.34. The Morgan fingerprint density at radius 2 is 1.67 bits per heavy atom. The molecule has 7 nitrogen and oxygen atoms in total. The van der Waals surface area contributed by atoms with Crippen molar-refractivity contribution in [3.05, 3.63) is 94.5 Å². The standard InChI is InChI=1S/C24H22BrN3O4S/c1-2-32-22-12-14-23(15-13-22)33(30,31)28-21-10-8-19(9-11-21)24(29)27-26-17-20(25)16-18-6-4-3-5-7-18/h3-17,28H,2H2,1H3,(H,27,29)/b20-16-,26-17-. The molecule has 3 aromatic carbocycles. The minimum Gasteiger partial charge on any atom is -0.494 e. The molecule has 0 saturated carbocycles. The zero-order chi connectivity index (χ0) is 23.7. The Bertz CT molecular complexity index is 1240. The van der Waals surface area contributed by atoms with Crippen molar-refractivity contribution in [2.24, 2.45) is 5.10 Å². The summed E-state index contributed by atoms with van der Waals surface area (Å²) in [6, 6.07) is 21.8. The van der Waals surface area contributed by atoms with Crippen molar-refractivity contribution in [1.29, 1.82) is 0 Å². The summed E-state index contributed by atoms with van der Waals surface area (Å²) in [7, 11) is -3.77. The van der Waals surface area contributed by atoms with Crippen LogP contribution in [0.1, 0.15) is 22.8 Å². The normalized spacial score (nSPS) is 11.9. The number of ether oxygens (including phenoxy) is 1. The van der Waals surface area contributed by atoms with Crippen LogP contribution in [-0.4, -0.2) is 27.1 Å². The highest BCUT2D eigenvalue weighted by Crippen LogP contribution is 2.20. The molecule has 3 rings (SSSR count). The SMILES string of the molecule is CCOc1ccc(S(=O)(=O)Nc2ccc(C(=O)N/N=C\C(Br)=C\c3ccccc3)cc2)cc1. The van der Waals surface area contributed by atoms with Crippen molar-refractivity contribution in [2.45, 2.75) is 11.8 Å². The fourth-order valence-corrected chi connectivity index (χ4v) is 4.17. The lowest BCUT2D eigenvalue weighted by Gasteiger charge is -2.09. The predicted octanol–water partition coefficient (Wildman–Crippen LogP) is 5.04. The van der Waals surface area contributed by atoms with Gasteiger partial charge in [-0.3, -0.25) is 9.52 Å². The van der Waals surface area contributed by atoms with Crippen LogP contribution in [-0.2, 0) is 10.0 Å². The predicted molar refractivity (Wildman–Crippen MR) is 134 cm³/mol. The summed E-state index contributed by atoms with van der Waals surface area (Å²) >= 11 is 3.38. The Kier molecular flexibility index (Phi) is 8.39. The molecule has 0 saturated heterocycles. The highest BCUT2D eigenvalue weighted by atomic mass is 79.9. The number of rotatable bonds is 9. The van der Waals surface area contributed by atoms with Crippen molar-refractivity contribution in [3.63, 3.8) is 0 Å². The van der Waals surface area contributed by atoms with Gasteiger partial charge < -0.3 is 4.74 Å². The molecule has 1 amide bonds. The molecule has 0 atom stereocenters. The number of amides is 1. The van der Waals surface area contributed by atoms with Gasteiger partial charge in [-0.25, -0.2) is 13.8 Å². The molecular formula is C24H22BrN3O4S. The van der Waals surface area contributed by atoms with Gasteiger partial charge in [-0.2, -0.15) is 5.10 Å². The molecule has 2 N–H and O–H groups in total. The lowest BCUT2D eigenvalue weighted by atomic mass is 10.2. The van der Waals surface area contributed by atoms with Crippen LogP contribution < -0.4 is 14.9 Å². The highest BCUT2D eigenvalue weighted by Gasteiger charge is 2.14. The van der Waals surface area contributed by atoms with E-state index < -0.39 is 15.9 Å². The fourth-order valence-electron chi connectivity index (χ4n) is 2.75. The molecule has 33 heavy (non-hydrogen) atoms. The van der Waals surface area contributed by atoms with Crippen molar-refractivity contribution >= 4 is 49.8 Å². The molecule has 170 valence electrons. The van der Waals surface area contributed by atoms with Crippen LogP contribution in [0.15, 0.2) is 93.3 Å². The Hall–Kier alpha value is -3.43. The third-order valence-corrected chi connectivity index (χ3v) is 6.13. The van der Waals surface area contributed by atoms with Gasteiger partial charge in [-0.05, 0) is 83.0 Å². The first-order valence-electron chi connectivity index (χ1n) is 9.99. The average Bonchev–Trinajstić information content (AvgIpc) is 2.80. The number of carbonyl (C=O) groups is 1. The first-order valence-corrected chi connectivity index (χ1v) is 12.3. The zero-order valence-corrected chi connectivity index (χ0v) is 20.1. The van der Waals surface area contributed by atoms with E-state index >= 15 is 0 Å². The Morgan fingerprint density at radius 3 is 2.30 bits per heavy atom. The number of hydrazone groups is 1. The van der Waals surface area contributed by atoms with E-state index in [2.05, 4.69) is 31.2 Å². The summed E-state index contributed by atoms with van der Waals surface area (Å²) in [6.45, 7) is 2.35. The minimum atomic E-state index is -3.77. The van der Waals surface area contributed by atoms with Crippen LogP contribution in [0.2, 0.25) is 0 Å². The molecule has 9 heteroatoms. The second kappa shape index (κ2) is 11.4. The van der Waals surface area contributed by atoms with E-state index in [1.165, 1.54) is 42.6 Å². The number of halogens is 1. The van der Waals surface area contributed by atoms with Crippen LogP contribution in [0.5, 0.6) is 5.75 Å². The second-order valence-corrected chi connectivity index (χ2v) is 9.32. The number of hydrogen-bond acceptors (Lipinski definition) is 5. The van der Waals surface area contributed by atoms with E-state index in [-0.39, 0.29) is 4.90 Å². The van der Waals surface area contributed by atoms with Gasteiger partial charge in [0, 0.05) is 15.7 Å². The van der Waals surface area contributed by atoms with Crippen LogP contribution in [0.25, 0.3) is 6.08 Å². The highest BCUT2D eigenvalue weighted by molar-refractivity contribution is 9.12. The molecule has 0 spiro atoms. The number of allylic oxidation sites excluding steroid dienone is 1. The van der Waals surface area contributed by atoms with Gasteiger partial charge in [0.1, 0.15) is 5.75 Å². The van der Waals surface area contributed by atoms with Crippen LogP contribution in [0.4, 0.5) is 5.69 Å². The number of nitrogens with one attached hydrogen (secondary N) is 2. The van der Waals surface area contributed by atoms with Crippen LogP contribution >= 0.6 is 15.9 Å². The maximum atomic E-state index is 12.6. The summed E-state index contributed by atoms with van der Waals surface area (Å²) < 4.78 is 33.6. The van der Waals surface area contributed by atoms with Gasteiger partial charge in [0.2, 0.25) is 0 Å².